The number of likely N-dealkylation sites (tertiary alicyclic amines) is 1. The number of carbonyl (C=O) groups is 2. The highest BCUT2D eigenvalue weighted by Gasteiger charge is 2.35. The molecular weight excluding hydrogens is 220 g/mol. The molecule has 2 rings (SSSR count). The second-order valence-electron chi connectivity index (χ2n) is 4.85. The molecule has 0 spiro atoms. The van der Waals surface area contributed by atoms with E-state index in [9.17, 15) is 9.59 Å². The van der Waals surface area contributed by atoms with E-state index in [0.717, 1.165) is 32.2 Å². The monoisotopic (exact) mass is 240 g/mol. The molecule has 2 aliphatic rings. The standard InChI is InChI=1S/C12H20N2O3/c15-8-2-4-9-3-1-7-14(9)12(17)10-5-6-11(16)13-10/h9-10,15H,1-8H2,(H,13,16)/t9?,10-/m0/s1. The molecule has 0 aromatic rings. The third kappa shape index (κ3) is 2.77. The molecule has 2 saturated heterocycles. The number of hydrogen-bond donors (Lipinski definition) is 2. The molecule has 0 aromatic carbocycles. The molecule has 96 valence electrons. The summed E-state index contributed by atoms with van der Waals surface area (Å²) in [5.41, 5.74) is 0. The van der Waals surface area contributed by atoms with Crippen LogP contribution in [0.5, 0.6) is 0 Å². The van der Waals surface area contributed by atoms with Gasteiger partial charge in [0.1, 0.15) is 6.04 Å². The number of amides is 2. The van der Waals surface area contributed by atoms with E-state index < -0.39 is 0 Å². The van der Waals surface area contributed by atoms with Gasteiger partial charge in [-0.25, -0.2) is 0 Å². The third-order valence-electron chi connectivity index (χ3n) is 3.65. The van der Waals surface area contributed by atoms with Gasteiger partial charge in [-0.1, -0.05) is 0 Å². The predicted molar refractivity (Wildman–Crippen MR) is 62.2 cm³/mol. The quantitative estimate of drug-likeness (QED) is 0.728. The molecule has 2 atom stereocenters. The lowest BCUT2D eigenvalue weighted by molar-refractivity contribution is -0.135. The van der Waals surface area contributed by atoms with Crippen LogP contribution < -0.4 is 5.32 Å². The van der Waals surface area contributed by atoms with E-state index in [-0.39, 0.29) is 30.5 Å². The number of carbonyl (C=O) groups excluding carboxylic acids is 2. The van der Waals surface area contributed by atoms with Gasteiger partial charge in [-0.15, -0.1) is 0 Å². The Morgan fingerprint density at radius 2 is 2.29 bits per heavy atom. The van der Waals surface area contributed by atoms with Gasteiger partial charge in [0.05, 0.1) is 0 Å². The van der Waals surface area contributed by atoms with E-state index in [0.29, 0.717) is 12.8 Å². The summed E-state index contributed by atoms with van der Waals surface area (Å²) in [5, 5.41) is 11.6. The van der Waals surface area contributed by atoms with Gasteiger partial charge in [0, 0.05) is 25.6 Å². The van der Waals surface area contributed by atoms with Crippen molar-refractivity contribution in [2.24, 2.45) is 0 Å². The molecule has 2 heterocycles. The van der Waals surface area contributed by atoms with E-state index in [2.05, 4.69) is 5.32 Å². The van der Waals surface area contributed by atoms with Gasteiger partial charge in [0.15, 0.2) is 0 Å². The molecule has 2 amide bonds. The average molecular weight is 240 g/mol. The number of rotatable bonds is 4. The minimum absolute atomic E-state index is 0.0190. The van der Waals surface area contributed by atoms with Crippen LogP contribution in [-0.2, 0) is 9.59 Å². The Balaban J connectivity index is 1.91. The van der Waals surface area contributed by atoms with Crippen molar-refractivity contribution in [2.45, 2.75) is 50.6 Å². The number of aliphatic hydroxyl groups is 1. The molecule has 2 aliphatic heterocycles. The molecule has 0 aromatic heterocycles. The smallest absolute Gasteiger partial charge is 0.245 e. The number of nitrogens with zero attached hydrogens (tertiary/aromatic N) is 1. The van der Waals surface area contributed by atoms with E-state index in [1.807, 2.05) is 4.90 Å². The zero-order valence-corrected chi connectivity index (χ0v) is 10.0. The molecule has 2 N–H and O–H groups in total. The molecule has 5 heteroatoms. The first kappa shape index (κ1) is 12.4. The van der Waals surface area contributed by atoms with Crippen LogP contribution >= 0.6 is 0 Å². The fourth-order valence-corrected chi connectivity index (χ4v) is 2.75. The summed E-state index contributed by atoms with van der Waals surface area (Å²) in [5.74, 6) is 0.0470. The van der Waals surface area contributed by atoms with E-state index in [1.165, 1.54) is 0 Å². The third-order valence-corrected chi connectivity index (χ3v) is 3.65. The number of hydrogen-bond acceptors (Lipinski definition) is 3. The summed E-state index contributed by atoms with van der Waals surface area (Å²) < 4.78 is 0. The van der Waals surface area contributed by atoms with Crippen molar-refractivity contribution in [2.75, 3.05) is 13.2 Å². The highest BCUT2D eigenvalue weighted by molar-refractivity contribution is 5.91. The zero-order valence-electron chi connectivity index (χ0n) is 10.0. The maximum Gasteiger partial charge on any atom is 0.245 e. The van der Waals surface area contributed by atoms with Crippen LogP contribution in [0.15, 0.2) is 0 Å². The molecule has 0 bridgehead atoms. The van der Waals surface area contributed by atoms with Gasteiger partial charge in [0.2, 0.25) is 11.8 Å². The normalized spacial score (nSPS) is 28.5. The van der Waals surface area contributed by atoms with Gasteiger partial charge in [-0.3, -0.25) is 9.59 Å². The van der Waals surface area contributed by atoms with Crippen molar-refractivity contribution >= 4 is 11.8 Å². The van der Waals surface area contributed by atoms with Gasteiger partial charge < -0.3 is 15.3 Å². The maximum atomic E-state index is 12.2. The van der Waals surface area contributed by atoms with E-state index in [1.54, 1.807) is 0 Å². The van der Waals surface area contributed by atoms with Gasteiger partial charge in [0.25, 0.3) is 0 Å². The zero-order chi connectivity index (χ0) is 12.3. The Hall–Kier alpha value is -1.10. The Kier molecular flexibility index (Phi) is 3.99. The van der Waals surface area contributed by atoms with E-state index in [4.69, 9.17) is 5.11 Å². The fraction of sp³-hybridized carbons (Fsp3) is 0.833. The fourth-order valence-electron chi connectivity index (χ4n) is 2.75. The van der Waals surface area contributed by atoms with Crippen molar-refractivity contribution in [3.63, 3.8) is 0 Å². The topological polar surface area (TPSA) is 69.6 Å². The van der Waals surface area contributed by atoms with Crippen molar-refractivity contribution in [1.29, 1.82) is 0 Å². The molecule has 0 saturated carbocycles. The molecule has 0 aliphatic carbocycles. The van der Waals surface area contributed by atoms with Crippen molar-refractivity contribution in [1.82, 2.24) is 10.2 Å². The highest BCUT2D eigenvalue weighted by atomic mass is 16.3. The SMILES string of the molecule is O=C1CC[C@@H](C(=O)N2CCCC2CCCO)N1. The average Bonchev–Trinajstić information content (AvgIpc) is 2.94. The summed E-state index contributed by atoms with van der Waals surface area (Å²) >= 11 is 0. The first-order chi connectivity index (χ1) is 8.22. The minimum atomic E-state index is -0.308. The predicted octanol–water partition coefficient (Wildman–Crippen LogP) is 0.0285. The van der Waals surface area contributed by atoms with Crippen LogP contribution in [0.3, 0.4) is 0 Å². The van der Waals surface area contributed by atoms with Gasteiger partial charge in [-0.2, -0.15) is 0 Å². The van der Waals surface area contributed by atoms with Crippen molar-refractivity contribution in [3.8, 4) is 0 Å². The second-order valence-corrected chi connectivity index (χ2v) is 4.85. The van der Waals surface area contributed by atoms with E-state index >= 15 is 0 Å². The first-order valence-corrected chi connectivity index (χ1v) is 6.43. The lowest BCUT2D eigenvalue weighted by Crippen LogP contribution is -2.46. The summed E-state index contributed by atoms with van der Waals surface area (Å²) in [6, 6.07) is -0.0515. The highest BCUT2D eigenvalue weighted by Crippen LogP contribution is 2.23. The Morgan fingerprint density at radius 3 is 2.94 bits per heavy atom. The van der Waals surface area contributed by atoms with Crippen LogP contribution in [0.4, 0.5) is 0 Å². The first-order valence-electron chi connectivity index (χ1n) is 6.43. The minimum Gasteiger partial charge on any atom is -0.396 e. The molecule has 17 heavy (non-hydrogen) atoms. The maximum absolute atomic E-state index is 12.2. The largest absolute Gasteiger partial charge is 0.396 e. The Bertz CT molecular complexity index is 306. The van der Waals surface area contributed by atoms with Gasteiger partial charge >= 0.3 is 0 Å². The van der Waals surface area contributed by atoms with Crippen LogP contribution in [0, 0.1) is 0 Å². The number of aliphatic hydroxyl groups excluding tert-OH is 1. The molecule has 5 nitrogen and oxygen atoms in total. The van der Waals surface area contributed by atoms with Crippen LogP contribution in [0.25, 0.3) is 0 Å². The second kappa shape index (κ2) is 5.49. The van der Waals surface area contributed by atoms with Crippen LogP contribution in [0.1, 0.15) is 38.5 Å². The lowest BCUT2D eigenvalue weighted by Gasteiger charge is -2.27. The van der Waals surface area contributed by atoms with Crippen molar-refractivity contribution in [3.05, 3.63) is 0 Å². The summed E-state index contributed by atoms with van der Waals surface area (Å²) in [6.45, 7) is 0.972. The Labute approximate surface area is 101 Å². The lowest BCUT2D eigenvalue weighted by atomic mass is 10.1. The summed E-state index contributed by atoms with van der Waals surface area (Å²) in [6.07, 6.45) is 4.75. The molecule has 1 unspecified atom stereocenters. The van der Waals surface area contributed by atoms with Crippen molar-refractivity contribution < 1.29 is 14.7 Å². The van der Waals surface area contributed by atoms with Gasteiger partial charge in [-0.05, 0) is 32.1 Å². The van der Waals surface area contributed by atoms with Crippen LogP contribution in [-0.4, -0.2) is 47.1 Å². The molecular formula is C12H20N2O3. The molecule has 0 radical (unpaired) electrons. The number of nitrogens with one attached hydrogen (secondary N) is 1. The Morgan fingerprint density at radius 1 is 1.47 bits per heavy atom. The van der Waals surface area contributed by atoms with Crippen LogP contribution in [0.2, 0.25) is 0 Å². The summed E-state index contributed by atoms with van der Waals surface area (Å²) in [7, 11) is 0. The molecule has 2 fully saturated rings. The summed E-state index contributed by atoms with van der Waals surface area (Å²) in [4.78, 5) is 25.2.